The molecule has 0 unspecified atom stereocenters. The summed E-state index contributed by atoms with van der Waals surface area (Å²) in [4.78, 5) is 22.4. The van der Waals surface area contributed by atoms with E-state index in [0.717, 1.165) is 39.7 Å². The van der Waals surface area contributed by atoms with E-state index in [4.69, 9.17) is 0 Å². The summed E-state index contributed by atoms with van der Waals surface area (Å²) in [5.74, 6) is 0.444. The van der Waals surface area contributed by atoms with Crippen LogP contribution in [0.2, 0.25) is 0 Å². The highest BCUT2D eigenvalue weighted by Crippen LogP contribution is 2.36. The molecule has 0 radical (unpaired) electrons. The van der Waals surface area contributed by atoms with Crippen molar-refractivity contribution in [2.45, 2.75) is 36.6 Å². The molecule has 4 aromatic rings. The SMILES string of the molecule is CCCc1c(C)nc2ncnn2c1Sc1ccccc1NC(=O)c1ccccc1. The fourth-order valence-electron chi connectivity index (χ4n) is 3.14. The number of aryl methyl sites for hydroxylation is 1. The summed E-state index contributed by atoms with van der Waals surface area (Å²) >= 11 is 1.57. The maximum absolute atomic E-state index is 12.7. The number of hydrogen-bond acceptors (Lipinski definition) is 5. The molecule has 0 aliphatic heterocycles. The van der Waals surface area contributed by atoms with Crippen LogP contribution >= 0.6 is 11.8 Å². The third-order valence-corrected chi connectivity index (χ3v) is 5.75. The molecule has 29 heavy (non-hydrogen) atoms. The van der Waals surface area contributed by atoms with Gasteiger partial charge >= 0.3 is 0 Å². The van der Waals surface area contributed by atoms with Crippen LogP contribution in [-0.4, -0.2) is 25.5 Å². The van der Waals surface area contributed by atoms with Gasteiger partial charge in [-0.25, -0.2) is 4.98 Å². The molecule has 0 fully saturated rings. The number of para-hydroxylation sites is 1. The maximum Gasteiger partial charge on any atom is 0.255 e. The Morgan fingerprint density at radius 2 is 1.86 bits per heavy atom. The highest BCUT2D eigenvalue weighted by molar-refractivity contribution is 7.99. The minimum Gasteiger partial charge on any atom is -0.321 e. The zero-order chi connectivity index (χ0) is 20.2. The van der Waals surface area contributed by atoms with Gasteiger partial charge in [0.15, 0.2) is 0 Å². The molecule has 0 saturated carbocycles. The number of amides is 1. The van der Waals surface area contributed by atoms with Gasteiger partial charge in [-0.2, -0.15) is 14.6 Å². The number of hydrogen-bond donors (Lipinski definition) is 1. The summed E-state index contributed by atoms with van der Waals surface area (Å²) in [6.07, 6.45) is 3.42. The number of benzene rings is 2. The molecule has 0 bridgehead atoms. The Balaban J connectivity index is 1.72. The molecule has 7 heteroatoms. The predicted octanol–water partition coefficient (Wildman–Crippen LogP) is 4.79. The summed E-state index contributed by atoms with van der Waals surface area (Å²) in [5.41, 5.74) is 3.49. The smallest absolute Gasteiger partial charge is 0.255 e. The Kier molecular flexibility index (Phi) is 5.57. The summed E-state index contributed by atoms with van der Waals surface area (Å²) in [6.45, 7) is 4.15. The minimum absolute atomic E-state index is 0.135. The van der Waals surface area contributed by atoms with E-state index in [-0.39, 0.29) is 5.91 Å². The molecule has 4 rings (SSSR count). The lowest BCUT2D eigenvalue weighted by atomic mass is 10.1. The normalized spacial score (nSPS) is 11.0. The van der Waals surface area contributed by atoms with E-state index in [2.05, 4.69) is 27.3 Å². The van der Waals surface area contributed by atoms with Crippen molar-refractivity contribution in [1.29, 1.82) is 0 Å². The first-order chi connectivity index (χ1) is 14.2. The second-order valence-electron chi connectivity index (χ2n) is 6.62. The largest absolute Gasteiger partial charge is 0.321 e. The lowest BCUT2D eigenvalue weighted by molar-refractivity contribution is 0.102. The van der Waals surface area contributed by atoms with Gasteiger partial charge in [0, 0.05) is 21.7 Å². The van der Waals surface area contributed by atoms with Crippen molar-refractivity contribution in [3.63, 3.8) is 0 Å². The van der Waals surface area contributed by atoms with E-state index in [1.165, 1.54) is 6.33 Å². The van der Waals surface area contributed by atoms with Gasteiger partial charge < -0.3 is 5.32 Å². The molecule has 0 aliphatic rings. The molecule has 2 aromatic heterocycles. The summed E-state index contributed by atoms with van der Waals surface area (Å²) in [7, 11) is 0. The number of fused-ring (bicyclic) bond motifs is 1. The van der Waals surface area contributed by atoms with Gasteiger partial charge in [-0.05, 0) is 37.6 Å². The van der Waals surface area contributed by atoms with Crippen LogP contribution in [0, 0.1) is 6.92 Å². The van der Waals surface area contributed by atoms with Gasteiger partial charge in [0.2, 0.25) is 0 Å². The quantitative estimate of drug-likeness (QED) is 0.469. The fraction of sp³-hybridized carbons (Fsp3) is 0.182. The molecular formula is C22H21N5OS. The van der Waals surface area contributed by atoms with Crippen LogP contribution in [0.5, 0.6) is 0 Å². The van der Waals surface area contributed by atoms with Crippen molar-refractivity contribution < 1.29 is 4.79 Å². The van der Waals surface area contributed by atoms with Crippen molar-refractivity contribution in [2.24, 2.45) is 0 Å². The van der Waals surface area contributed by atoms with Gasteiger partial charge in [-0.1, -0.05) is 55.4 Å². The Hall–Kier alpha value is -3.19. The summed E-state index contributed by atoms with van der Waals surface area (Å²) in [6, 6.07) is 17.0. The first-order valence-electron chi connectivity index (χ1n) is 9.50. The molecule has 146 valence electrons. The Bertz CT molecular complexity index is 1160. The number of rotatable bonds is 6. The Labute approximate surface area is 173 Å². The van der Waals surface area contributed by atoms with Gasteiger partial charge in [-0.15, -0.1) is 0 Å². The van der Waals surface area contributed by atoms with Crippen molar-refractivity contribution in [1.82, 2.24) is 19.6 Å². The van der Waals surface area contributed by atoms with Gasteiger partial charge in [0.05, 0.1) is 5.69 Å². The average Bonchev–Trinajstić information content (AvgIpc) is 3.20. The van der Waals surface area contributed by atoms with E-state index in [1.807, 2.05) is 49.4 Å². The molecular weight excluding hydrogens is 382 g/mol. The lowest BCUT2D eigenvalue weighted by Crippen LogP contribution is -2.12. The van der Waals surface area contributed by atoms with Crippen molar-refractivity contribution in [3.05, 3.63) is 77.7 Å². The molecule has 0 spiro atoms. The van der Waals surface area contributed by atoms with Crippen LogP contribution in [0.1, 0.15) is 35.0 Å². The Morgan fingerprint density at radius 1 is 1.10 bits per heavy atom. The van der Waals surface area contributed by atoms with Crippen LogP contribution in [0.4, 0.5) is 5.69 Å². The first kappa shape index (κ1) is 19.1. The van der Waals surface area contributed by atoms with E-state index < -0.39 is 0 Å². The van der Waals surface area contributed by atoms with Crippen LogP contribution in [0.3, 0.4) is 0 Å². The second kappa shape index (κ2) is 8.45. The number of carbonyl (C=O) groups is 1. The molecule has 0 atom stereocenters. The zero-order valence-electron chi connectivity index (χ0n) is 16.3. The van der Waals surface area contributed by atoms with E-state index in [9.17, 15) is 4.79 Å². The van der Waals surface area contributed by atoms with E-state index >= 15 is 0 Å². The average molecular weight is 404 g/mol. The van der Waals surface area contributed by atoms with Gasteiger partial charge in [0.1, 0.15) is 11.4 Å². The van der Waals surface area contributed by atoms with E-state index in [0.29, 0.717) is 11.3 Å². The monoisotopic (exact) mass is 403 g/mol. The number of carbonyl (C=O) groups excluding carboxylic acids is 1. The van der Waals surface area contributed by atoms with Crippen LogP contribution in [-0.2, 0) is 6.42 Å². The number of nitrogens with one attached hydrogen (secondary N) is 1. The zero-order valence-corrected chi connectivity index (χ0v) is 17.1. The second-order valence-corrected chi connectivity index (χ2v) is 7.65. The van der Waals surface area contributed by atoms with Gasteiger partial charge in [-0.3, -0.25) is 4.79 Å². The summed E-state index contributed by atoms with van der Waals surface area (Å²) in [5, 5.41) is 8.39. The molecule has 6 nitrogen and oxygen atoms in total. The first-order valence-corrected chi connectivity index (χ1v) is 10.3. The molecule has 2 aromatic carbocycles. The summed E-state index contributed by atoms with van der Waals surface area (Å²) < 4.78 is 1.78. The minimum atomic E-state index is -0.135. The van der Waals surface area contributed by atoms with Crippen LogP contribution < -0.4 is 5.32 Å². The molecule has 2 heterocycles. The van der Waals surface area contributed by atoms with Crippen molar-refractivity contribution >= 4 is 29.1 Å². The number of aromatic nitrogens is 4. The maximum atomic E-state index is 12.7. The third kappa shape index (κ3) is 4.00. The molecule has 0 saturated heterocycles. The van der Waals surface area contributed by atoms with Crippen LogP contribution in [0.15, 0.2) is 70.8 Å². The molecule has 1 amide bonds. The standard InChI is InChI=1S/C22H21N5OS/c1-3-9-17-15(2)25-22-23-14-24-27(22)21(17)29-19-13-8-7-12-18(19)26-20(28)16-10-5-4-6-11-16/h4-8,10-14H,3,9H2,1-2H3,(H,26,28). The number of nitrogens with zero attached hydrogens (tertiary/aromatic N) is 4. The number of anilines is 1. The lowest BCUT2D eigenvalue weighted by Gasteiger charge is -2.15. The van der Waals surface area contributed by atoms with Gasteiger partial charge in [0.25, 0.3) is 11.7 Å². The van der Waals surface area contributed by atoms with Crippen molar-refractivity contribution in [3.8, 4) is 0 Å². The van der Waals surface area contributed by atoms with Crippen LogP contribution in [0.25, 0.3) is 5.78 Å². The molecule has 0 aliphatic carbocycles. The fourth-order valence-corrected chi connectivity index (χ4v) is 4.32. The highest BCUT2D eigenvalue weighted by atomic mass is 32.2. The predicted molar refractivity (Wildman–Crippen MR) is 114 cm³/mol. The Morgan fingerprint density at radius 3 is 2.66 bits per heavy atom. The topological polar surface area (TPSA) is 72.2 Å². The van der Waals surface area contributed by atoms with E-state index in [1.54, 1.807) is 28.4 Å². The highest BCUT2D eigenvalue weighted by Gasteiger charge is 2.17. The third-order valence-electron chi connectivity index (χ3n) is 4.56. The molecule has 1 N–H and O–H groups in total. The van der Waals surface area contributed by atoms with Crippen molar-refractivity contribution in [2.75, 3.05) is 5.32 Å².